The normalized spacial score (nSPS) is 19.1. The van der Waals surface area contributed by atoms with Crippen LogP contribution in [0.15, 0.2) is 88.7 Å². The van der Waals surface area contributed by atoms with Gasteiger partial charge in [0.2, 0.25) is 17.7 Å². The van der Waals surface area contributed by atoms with Crippen molar-refractivity contribution in [3.05, 3.63) is 110 Å². The molecule has 1 saturated heterocycles. The van der Waals surface area contributed by atoms with Crippen LogP contribution >= 0.6 is 34.7 Å². The Morgan fingerprint density at radius 3 is 2.30 bits per heavy atom. The average molecular weight is 634 g/mol. The summed E-state index contributed by atoms with van der Waals surface area (Å²) in [5, 5.41) is 2.94. The number of hydrogen-bond donors (Lipinski definition) is 1. The highest BCUT2D eigenvalue weighted by Crippen LogP contribution is 2.54. The first-order chi connectivity index (χ1) is 20.8. The van der Waals surface area contributed by atoms with Crippen LogP contribution in [0.1, 0.15) is 33.6 Å². The van der Waals surface area contributed by atoms with Gasteiger partial charge in [-0.3, -0.25) is 23.7 Å². The van der Waals surface area contributed by atoms with Crippen LogP contribution in [-0.2, 0) is 25.7 Å². The second-order valence-corrected chi connectivity index (χ2v) is 12.5. The number of thioether (sulfide) groups is 1. The minimum Gasteiger partial charge on any atom is -0.462 e. The number of imide groups is 1. The molecule has 43 heavy (non-hydrogen) atoms. The zero-order chi connectivity index (χ0) is 30.2. The zero-order valence-electron chi connectivity index (χ0n) is 22.7. The molecule has 3 heterocycles. The van der Waals surface area contributed by atoms with Gasteiger partial charge in [-0.25, -0.2) is 9.69 Å². The molecule has 218 valence electrons. The number of esters is 1. The molecule has 3 amide bonds. The number of aromatic nitrogens is 1. The summed E-state index contributed by atoms with van der Waals surface area (Å²) in [5.74, 6) is -3.16. The van der Waals surface area contributed by atoms with Crippen molar-refractivity contribution in [2.75, 3.05) is 16.8 Å². The van der Waals surface area contributed by atoms with Gasteiger partial charge in [-0.1, -0.05) is 65.0 Å². The predicted octanol–water partition coefficient (Wildman–Crippen LogP) is 5.17. The zero-order valence-corrected chi connectivity index (χ0v) is 25.1. The van der Waals surface area contributed by atoms with Gasteiger partial charge in [-0.2, -0.15) is 0 Å². The number of amides is 3. The Morgan fingerprint density at radius 1 is 0.930 bits per heavy atom. The molecule has 1 N–H and O–H groups in total. The molecule has 6 rings (SSSR count). The van der Waals surface area contributed by atoms with Crippen molar-refractivity contribution < 1.29 is 23.9 Å². The van der Waals surface area contributed by atoms with Gasteiger partial charge in [-0.05, 0) is 61.0 Å². The van der Waals surface area contributed by atoms with E-state index < -0.39 is 40.8 Å². The molecule has 3 aromatic carbocycles. The summed E-state index contributed by atoms with van der Waals surface area (Å²) in [6.45, 7) is 1.68. The van der Waals surface area contributed by atoms with Crippen LogP contribution < -0.4 is 15.1 Å². The van der Waals surface area contributed by atoms with E-state index in [2.05, 4.69) is 5.32 Å². The van der Waals surface area contributed by atoms with E-state index in [0.29, 0.717) is 31.9 Å². The topological polar surface area (TPSA) is 115 Å². The van der Waals surface area contributed by atoms with Gasteiger partial charge in [0, 0.05) is 21.5 Å². The standard InChI is InChI=1S/C31H24ClN3O6S2/c1-2-41-30(39)18-10-14-21(15-11-18)35-27(37)24-23(17-8-12-19(32)13-9-17)26-29(42-25(24)28(35)38)34(31(40)43-26)16-22(36)33-20-6-4-3-5-7-20/h3-15,23-25H,2,16H2,1H3,(H,33,36)/t23-,24?,25?/m0/s1. The average Bonchev–Trinajstić information content (AvgIpc) is 3.44. The van der Waals surface area contributed by atoms with Gasteiger partial charge in [-0.15, -0.1) is 0 Å². The molecule has 0 saturated carbocycles. The smallest absolute Gasteiger partial charge is 0.338 e. The van der Waals surface area contributed by atoms with E-state index >= 15 is 0 Å². The lowest BCUT2D eigenvalue weighted by Gasteiger charge is -2.30. The van der Waals surface area contributed by atoms with E-state index in [1.54, 1.807) is 67.6 Å². The fraction of sp³-hybridized carbons (Fsp3) is 0.194. The minimum atomic E-state index is -0.845. The molecular formula is C31H24ClN3O6S2. The molecule has 4 aromatic rings. The minimum absolute atomic E-state index is 0.222. The molecule has 2 aliphatic rings. The molecule has 0 aliphatic carbocycles. The lowest BCUT2D eigenvalue weighted by Crippen LogP contribution is -2.33. The molecular weight excluding hydrogens is 610 g/mol. The van der Waals surface area contributed by atoms with E-state index in [0.717, 1.165) is 33.6 Å². The van der Waals surface area contributed by atoms with Crippen LogP contribution in [0.3, 0.4) is 0 Å². The van der Waals surface area contributed by atoms with Crippen molar-refractivity contribution in [3.63, 3.8) is 0 Å². The highest BCUT2D eigenvalue weighted by Gasteiger charge is 2.56. The molecule has 12 heteroatoms. The van der Waals surface area contributed by atoms with Crippen LogP contribution in [0, 0.1) is 5.92 Å². The third-order valence-electron chi connectivity index (χ3n) is 7.27. The largest absolute Gasteiger partial charge is 0.462 e. The van der Waals surface area contributed by atoms with Crippen molar-refractivity contribution in [3.8, 4) is 0 Å². The Kier molecular flexibility index (Phi) is 7.95. The maximum Gasteiger partial charge on any atom is 0.338 e. The molecule has 2 aliphatic heterocycles. The van der Waals surface area contributed by atoms with E-state index in [4.69, 9.17) is 16.3 Å². The number of anilines is 2. The van der Waals surface area contributed by atoms with Gasteiger partial charge in [0.05, 0.1) is 28.8 Å². The third-order valence-corrected chi connectivity index (χ3v) is 10.1. The second kappa shape index (κ2) is 11.8. The number of ether oxygens (including phenoxy) is 1. The summed E-state index contributed by atoms with van der Waals surface area (Å²) < 4.78 is 6.41. The second-order valence-electron chi connectivity index (χ2n) is 9.91. The monoisotopic (exact) mass is 633 g/mol. The quantitative estimate of drug-likeness (QED) is 0.220. The Morgan fingerprint density at radius 2 is 1.63 bits per heavy atom. The van der Waals surface area contributed by atoms with E-state index in [1.165, 1.54) is 16.7 Å². The maximum atomic E-state index is 14.0. The fourth-order valence-corrected chi connectivity index (χ4v) is 8.26. The molecule has 0 bridgehead atoms. The van der Waals surface area contributed by atoms with Gasteiger partial charge in [0.15, 0.2) is 0 Å². The number of para-hydroxylation sites is 1. The van der Waals surface area contributed by atoms with Crippen LogP contribution in [0.5, 0.6) is 0 Å². The van der Waals surface area contributed by atoms with Crippen LogP contribution in [-0.4, -0.2) is 40.1 Å². The molecule has 2 unspecified atom stereocenters. The highest BCUT2D eigenvalue weighted by atomic mass is 35.5. The lowest BCUT2D eigenvalue weighted by atomic mass is 9.83. The summed E-state index contributed by atoms with van der Waals surface area (Å²) >= 11 is 8.27. The Balaban J connectivity index is 1.38. The number of nitrogens with one attached hydrogen (secondary N) is 1. The number of hydrogen-bond acceptors (Lipinski definition) is 8. The first-order valence-electron chi connectivity index (χ1n) is 13.4. The first-order valence-corrected chi connectivity index (χ1v) is 15.5. The molecule has 1 aromatic heterocycles. The SMILES string of the molecule is CCOC(=O)c1ccc(N2C(=O)C3Sc4c(sc(=O)n4CC(=O)Nc4ccccc4)[C@@H](c4ccc(Cl)cc4)C3C2=O)cc1. The van der Waals surface area contributed by atoms with Crippen molar-refractivity contribution in [2.45, 2.75) is 29.7 Å². The Labute approximate surface area is 259 Å². The fourth-order valence-electron chi connectivity index (χ4n) is 5.37. The number of thiazole rings is 1. The summed E-state index contributed by atoms with van der Waals surface area (Å²) in [7, 11) is 0. The van der Waals surface area contributed by atoms with E-state index in [9.17, 15) is 24.0 Å². The van der Waals surface area contributed by atoms with E-state index in [1.807, 2.05) is 6.07 Å². The third kappa shape index (κ3) is 5.39. The van der Waals surface area contributed by atoms with Gasteiger partial charge in [0.1, 0.15) is 11.8 Å². The summed E-state index contributed by atoms with van der Waals surface area (Å²) in [4.78, 5) is 67.7. The van der Waals surface area contributed by atoms with Crippen LogP contribution in [0.4, 0.5) is 11.4 Å². The molecule has 0 radical (unpaired) electrons. The van der Waals surface area contributed by atoms with E-state index in [-0.39, 0.29) is 18.0 Å². The van der Waals surface area contributed by atoms with Crippen molar-refractivity contribution in [1.82, 2.24) is 4.57 Å². The predicted molar refractivity (Wildman–Crippen MR) is 165 cm³/mol. The Hall–Kier alpha value is -4.19. The van der Waals surface area contributed by atoms with Crippen LogP contribution in [0.2, 0.25) is 5.02 Å². The number of halogens is 1. The van der Waals surface area contributed by atoms with Gasteiger partial charge < -0.3 is 10.1 Å². The van der Waals surface area contributed by atoms with Crippen LogP contribution in [0.25, 0.3) is 0 Å². The molecule has 1 fully saturated rings. The summed E-state index contributed by atoms with van der Waals surface area (Å²) in [6.07, 6.45) is 0. The maximum absolute atomic E-state index is 14.0. The molecule has 3 atom stereocenters. The van der Waals surface area contributed by atoms with Gasteiger partial charge >= 0.3 is 10.8 Å². The first kappa shape index (κ1) is 28.9. The number of carbonyl (C=O) groups is 4. The number of carbonyl (C=O) groups excluding carboxylic acids is 4. The van der Waals surface area contributed by atoms with Crippen molar-refractivity contribution in [1.29, 1.82) is 0 Å². The van der Waals surface area contributed by atoms with Crippen molar-refractivity contribution in [2.24, 2.45) is 5.92 Å². The summed E-state index contributed by atoms with van der Waals surface area (Å²) in [6, 6.07) is 22.0. The molecule has 0 spiro atoms. The number of benzene rings is 3. The lowest BCUT2D eigenvalue weighted by molar-refractivity contribution is -0.122. The highest BCUT2D eigenvalue weighted by molar-refractivity contribution is 8.00. The summed E-state index contributed by atoms with van der Waals surface area (Å²) in [5.41, 5.74) is 1.95. The van der Waals surface area contributed by atoms with Crippen molar-refractivity contribution >= 4 is 69.8 Å². The number of nitrogens with zero attached hydrogens (tertiary/aromatic N) is 2. The number of fused-ring (bicyclic) bond motifs is 2. The molecule has 9 nitrogen and oxygen atoms in total. The number of rotatable bonds is 7. The van der Waals surface area contributed by atoms with Gasteiger partial charge in [0.25, 0.3) is 0 Å². The Bertz CT molecular complexity index is 1790.